The summed E-state index contributed by atoms with van der Waals surface area (Å²) < 4.78 is 0. The summed E-state index contributed by atoms with van der Waals surface area (Å²) in [6.45, 7) is 24.8. The van der Waals surface area contributed by atoms with Gasteiger partial charge >= 0.3 is 0 Å². The van der Waals surface area contributed by atoms with E-state index in [0.29, 0.717) is 17.8 Å². The quantitative estimate of drug-likeness (QED) is 0.0748. The molecule has 3 aliphatic rings. The van der Waals surface area contributed by atoms with Gasteiger partial charge in [-0.1, -0.05) is 216 Å². The number of thioether (sulfide) groups is 3. The standard InChI is InChI=1S/3C23H35NO2S/c3*1-5-18(6-2)16-23(14-10-7-11-15-23)22(26)24-19-12-8-9-13-20(19)27-21(25)17(3)4/h3*8-9,12-13,17-18H,5-7,10-11,14-16H2,1-4H3,(H,24,26). The number of benzene rings is 3. The van der Waals surface area contributed by atoms with Crippen LogP contribution >= 0.6 is 35.3 Å². The third kappa shape index (κ3) is 21.3. The lowest BCUT2D eigenvalue weighted by Gasteiger charge is -2.38. The molecule has 0 heterocycles. The minimum absolute atomic E-state index is 0.0293. The van der Waals surface area contributed by atoms with Gasteiger partial charge in [-0.25, -0.2) is 0 Å². The summed E-state index contributed by atoms with van der Waals surface area (Å²) in [5.41, 5.74) is 1.56. The van der Waals surface area contributed by atoms with Gasteiger partial charge in [-0.2, -0.15) is 0 Å². The molecular weight excluding hydrogens is 1060 g/mol. The number of rotatable bonds is 24. The molecule has 0 saturated heterocycles. The third-order valence-electron chi connectivity index (χ3n) is 17.8. The largest absolute Gasteiger partial charge is 0.325 e. The van der Waals surface area contributed by atoms with E-state index in [0.717, 1.165) is 167 Å². The fourth-order valence-corrected chi connectivity index (χ4v) is 14.6. The highest BCUT2D eigenvalue weighted by molar-refractivity contribution is 8.14. The van der Waals surface area contributed by atoms with Crippen molar-refractivity contribution < 1.29 is 28.8 Å². The van der Waals surface area contributed by atoms with Crippen LogP contribution in [0.2, 0.25) is 0 Å². The normalized spacial score (nSPS) is 16.5. The number of hydrogen-bond acceptors (Lipinski definition) is 9. The summed E-state index contributed by atoms with van der Waals surface area (Å²) in [6, 6.07) is 23.1. The van der Waals surface area contributed by atoms with E-state index in [1.54, 1.807) is 0 Å². The SMILES string of the molecule is CCC(CC)CC1(C(=O)Nc2ccccc2SC(=O)C(C)C)CCCCC1.CCC(CC)CC1(C(=O)Nc2ccccc2SC(=O)C(C)C)CCCCC1.CCC(CC)CC1(C(=O)Nc2ccccc2SC(=O)C(C)C)CCCCC1. The van der Waals surface area contributed by atoms with Gasteiger partial charge in [-0.15, -0.1) is 0 Å². The van der Waals surface area contributed by atoms with E-state index >= 15 is 0 Å². The molecule has 3 saturated carbocycles. The second-order valence-electron chi connectivity index (χ2n) is 24.8. The zero-order valence-corrected chi connectivity index (χ0v) is 54.5. The van der Waals surface area contributed by atoms with Crippen LogP contribution in [0.5, 0.6) is 0 Å². The Kier molecular flexibility index (Phi) is 30.5. The van der Waals surface area contributed by atoms with Gasteiger partial charge in [0.1, 0.15) is 0 Å². The molecule has 0 spiro atoms. The maximum absolute atomic E-state index is 13.4. The first-order valence-electron chi connectivity index (χ1n) is 31.6. The van der Waals surface area contributed by atoms with Crippen molar-refractivity contribution in [2.24, 2.45) is 51.8 Å². The summed E-state index contributed by atoms with van der Waals surface area (Å²) in [4.78, 5) is 79.4. The third-order valence-corrected chi connectivity index (χ3v) is 21.6. The van der Waals surface area contributed by atoms with Gasteiger partial charge in [-0.05, 0) is 147 Å². The Labute approximate surface area is 503 Å². The van der Waals surface area contributed by atoms with Gasteiger partial charge in [0, 0.05) is 48.7 Å². The Bertz CT molecular complexity index is 2160. The number of anilines is 3. The van der Waals surface area contributed by atoms with E-state index < -0.39 is 0 Å². The van der Waals surface area contributed by atoms with Crippen LogP contribution in [0.3, 0.4) is 0 Å². The van der Waals surface area contributed by atoms with Gasteiger partial charge in [-0.3, -0.25) is 28.8 Å². The molecule has 9 nitrogen and oxygen atoms in total. The summed E-state index contributed by atoms with van der Waals surface area (Å²) in [6.07, 6.45) is 26.1. The Morgan fingerprint density at radius 1 is 0.358 bits per heavy atom. The molecule has 0 atom stereocenters. The smallest absolute Gasteiger partial charge is 0.230 e. The van der Waals surface area contributed by atoms with E-state index in [2.05, 4.69) is 57.5 Å². The molecular formula is C69H105N3O6S3. The van der Waals surface area contributed by atoms with Crippen LogP contribution in [0.25, 0.3) is 0 Å². The molecule has 3 amide bonds. The Morgan fingerprint density at radius 2 is 0.568 bits per heavy atom. The van der Waals surface area contributed by atoms with Gasteiger partial charge in [0.05, 0.1) is 17.1 Å². The summed E-state index contributed by atoms with van der Waals surface area (Å²) >= 11 is 3.71. The van der Waals surface area contributed by atoms with E-state index in [9.17, 15) is 28.8 Å². The highest BCUT2D eigenvalue weighted by Crippen LogP contribution is 2.47. The van der Waals surface area contributed by atoms with Gasteiger partial charge in [0.2, 0.25) is 17.7 Å². The first-order chi connectivity index (χ1) is 38.7. The van der Waals surface area contributed by atoms with Crippen molar-refractivity contribution in [1.82, 2.24) is 0 Å². The Balaban J connectivity index is 0.000000261. The zero-order valence-electron chi connectivity index (χ0n) is 52.0. The minimum Gasteiger partial charge on any atom is -0.325 e. The summed E-state index contributed by atoms with van der Waals surface area (Å²) in [5.74, 6) is 2.16. The molecule has 3 aromatic rings. The van der Waals surface area contributed by atoms with Crippen LogP contribution in [0, 0.1) is 51.8 Å². The molecule has 0 radical (unpaired) electrons. The molecule has 3 aromatic carbocycles. The number of carbonyl (C=O) groups is 6. The lowest BCUT2D eigenvalue weighted by Crippen LogP contribution is -2.39. The van der Waals surface area contributed by atoms with E-state index in [4.69, 9.17) is 0 Å². The molecule has 3 fully saturated rings. The number of nitrogens with one attached hydrogen (secondary N) is 3. The Hall–Kier alpha value is -3.87. The fourth-order valence-electron chi connectivity index (χ4n) is 12.1. The maximum atomic E-state index is 13.4. The molecule has 3 N–H and O–H groups in total. The topological polar surface area (TPSA) is 139 Å². The fraction of sp³-hybridized carbons (Fsp3) is 0.652. The lowest BCUT2D eigenvalue weighted by molar-refractivity contribution is -0.129. The van der Waals surface area contributed by atoms with Crippen LogP contribution in [-0.2, 0) is 28.8 Å². The first kappa shape index (κ1) is 69.6. The molecule has 6 rings (SSSR count). The molecule has 12 heteroatoms. The van der Waals surface area contributed by atoms with Crippen LogP contribution in [-0.4, -0.2) is 33.1 Å². The predicted molar refractivity (Wildman–Crippen MR) is 345 cm³/mol. The monoisotopic (exact) mass is 1170 g/mol. The van der Waals surface area contributed by atoms with Crippen LogP contribution < -0.4 is 16.0 Å². The van der Waals surface area contributed by atoms with Crippen molar-refractivity contribution >= 4 is 85.4 Å². The average molecular weight is 1170 g/mol. The summed E-state index contributed by atoms with van der Waals surface area (Å²) in [5, 5.41) is 10.00. The van der Waals surface area contributed by atoms with Gasteiger partial charge in [0.25, 0.3) is 0 Å². The van der Waals surface area contributed by atoms with Crippen molar-refractivity contribution in [3.8, 4) is 0 Å². The predicted octanol–water partition coefficient (Wildman–Crippen LogP) is 20.0. The van der Waals surface area contributed by atoms with Crippen molar-refractivity contribution in [2.45, 2.75) is 252 Å². The second-order valence-corrected chi connectivity index (χ2v) is 27.9. The molecule has 0 aromatic heterocycles. The molecule has 450 valence electrons. The molecule has 0 aliphatic heterocycles. The van der Waals surface area contributed by atoms with Crippen LogP contribution in [0.15, 0.2) is 87.5 Å². The minimum atomic E-state index is -0.255. The van der Waals surface area contributed by atoms with E-state index in [1.807, 2.05) is 114 Å². The van der Waals surface area contributed by atoms with Gasteiger partial charge < -0.3 is 16.0 Å². The van der Waals surface area contributed by atoms with E-state index in [-0.39, 0.29) is 67.1 Å². The van der Waals surface area contributed by atoms with E-state index in [1.165, 1.54) is 54.5 Å². The lowest BCUT2D eigenvalue weighted by atomic mass is 9.67. The number of amides is 3. The van der Waals surface area contributed by atoms with Crippen molar-refractivity contribution in [3.05, 3.63) is 72.8 Å². The number of carbonyl (C=O) groups excluding carboxylic acids is 6. The Morgan fingerprint density at radius 3 is 0.765 bits per heavy atom. The molecule has 3 aliphatic carbocycles. The average Bonchev–Trinajstić information content (AvgIpc) is 3.47. The van der Waals surface area contributed by atoms with Crippen LogP contribution in [0.1, 0.15) is 237 Å². The maximum Gasteiger partial charge on any atom is 0.230 e. The highest BCUT2D eigenvalue weighted by Gasteiger charge is 2.43. The summed E-state index contributed by atoms with van der Waals surface area (Å²) in [7, 11) is 0. The van der Waals surface area contributed by atoms with Crippen molar-refractivity contribution in [3.63, 3.8) is 0 Å². The first-order valence-corrected chi connectivity index (χ1v) is 34.1. The number of para-hydroxylation sites is 3. The van der Waals surface area contributed by atoms with Crippen molar-refractivity contribution in [1.29, 1.82) is 0 Å². The number of hydrogen-bond donors (Lipinski definition) is 3. The highest BCUT2D eigenvalue weighted by atomic mass is 32.2. The van der Waals surface area contributed by atoms with Crippen molar-refractivity contribution in [2.75, 3.05) is 16.0 Å². The second kappa shape index (κ2) is 35.4. The molecule has 81 heavy (non-hydrogen) atoms. The van der Waals surface area contributed by atoms with Crippen LogP contribution in [0.4, 0.5) is 17.1 Å². The zero-order chi connectivity index (χ0) is 59.6. The molecule has 0 bridgehead atoms. The molecule has 0 unspecified atom stereocenters. The van der Waals surface area contributed by atoms with Gasteiger partial charge in [0.15, 0.2) is 15.3 Å².